The van der Waals surface area contributed by atoms with Gasteiger partial charge in [0.25, 0.3) is 0 Å². The predicted molar refractivity (Wildman–Crippen MR) is 102 cm³/mol. The minimum absolute atomic E-state index is 0.0204. The second-order valence-electron chi connectivity index (χ2n) is 6.29. The molecule has 10 nitrogen and oxygen atoms in total. The first-order valence-corrected chi connectivity index (χ1v) is 9.12. The van der Waals surface area contributed by atoms with Crippen molar-refractivity contribution in [2.24, 2.45) is 11.7 Å². The molecule has 0 fully saturated rings. The molecule has 0 unspecified atom stereocenters. The number of nitrogens with two attached hydrogens (primary N) is 1. The van der Waals surface area contributed by atoms with Gasteiger partial charge in [0.15, 0.2) is 0 Å². The van der Waals surface area contributed by atoms with E-state index >= 15 is 0 Å². The van der Waals surface area contributed by atoms with Gasteiger partial charge in [0.05, 0.1) is 19.1 Å². The molecule has 5 N–H and O–H groups in total. The number of nitrogens with one attached hydrogen (secondary N) is 2. The topological polar surface area (TPSA) is 157 Å². The van der Waals surface area contributed by atoms with Gasteiger partial charge in [0, 0.05) is 0 Å². The normalized spacial score (nSPS) is 13.5. The van der Waals surface area contributed by atoms with Crippen LogP contribution >= 0.6 is 0 Å². The van der Waals surface area contributed by atoms with E-state index < -0.39 is 48.5 Å². The van der Waals surface area contributed by atoms with Gasteiger partial charge in [-0.25, -0.2) is 4.79 Å². The van der Waals surface area contributed by atoms with Crippen LogP contribution in [-0.4, -0.2) is 54.3 Å². The largest absolute Gasteiger partial charge is 0.466 e. The van der Waals surface area contributed by atoms with Crippen LogP contribution < -0.4 is 16.4 Å². The van der Waals surface area contributed by atoms with Gasteiger partial charge in [-0.1, -0.05) is 37.3 Å². The van der Waals surface area contributed by atoms with Crippen LogP contribution in [0.1, 0.15) is 25.8 Å². The van der Waals surface area contributed by atoms with Crippen LogP contribution in [0.5, 0.6) is 0 Å². The summed E-state index contributed by atoms with van der Waals surface area (Å²) >= 11 is 0. The van der Waals surface area contributed by atoms with Crippen molar-refractivity contribution in [3.05, 3.63) is 35.9 Å². The SMILES string of the molecule is CCOC(=O)[C@H](C)C[C@@H](NC(=O)[C@H](CO)NC(=O)OCc1ccccc1)C(N)=O. The lowest BCUT2D eigenvalue weighted by Gasteiger charge is -2.22. The van der Waals surface area contributed by atoms with E-state index in [0.29, 0.717) is 0 Å². The number of hydrogen-bond donors (Lipinski definition) is 4. The van der Waals surface area contributed by atoms with Crippen LogP contribution in [0.4, 0.5) is 4.79 Å². The van der Waals surface area contributed by atoms with Crippen LogP contribution in [0, 0.1) is 5.92 Å². The molecule has 29 heavy (non-hydrogen) atoms. The second kappa shape index (κ2) is 12.3. The van der Waals surface area contributed by atoms with Gasteiger partial charge < -0.3 is 30.9 Å². The summed E-state index contributed by atoms with van der Waals surface area (Å²) < 4.78 is 9.85. The Morgan fingerprint density at radius 3 is 2.28 bits per heavy atom. The summed E-state index contributed by atoms with van der Waals surface area (Å²) in [6.45, 7) is 2.60. The molecule has 3 atom stereocenters. The molecule has 1 aromatic rings. The zero-order chi connectivity index (χ0) is 21.8. The van der Waals surface area contributed by atoms with Crippen molar-refractivity contribution in [1.82, 2.24) is 10.6 Å². The van der Waals surface area contributed by atoms with Crippen molar-refractivity contribution in [3.63, 3.8) is 0 Å². The van der Waals surface area contributed by atoms with E-state index in [-0.39, 0.29) is 19.6 Å². The van der Waals surface area contributed by atoms with Crippen LogP contribution in [-0.2, 0) is 30.5 Å². The van der Waals surface area contributed by atoms with E-state index in [0.717, 1.165) is 5.56 Å². The number of aliphatic hydroxyl groups excluding tert-OH is 1. The maximum atomic E-state index is 12.3. The highest BCUT2D eigenvalue weighted by molar-refractivity contribution is 5.91. The standard InChI is InChI=1S/C19H27N3O7/c1-3-28-18(26)12(2)9-14(16(20)24)21-17(25)15(10-23)22-19(27)29-11-13-7-5-4-6-8-13/h4-8,12,14-15,23H,3,9-11H2,1-2H3,(H2,20,24)(H,21,25)(H,22,27)/t12-,14-,15+/m1/s1. The average molecular weight is 409 g/mol. The predicted octanol–water partition coefficient (Wildman–Crippen LogP) is -0.167. The number of primary amides is 1. The van der Waals surface area contributed by atoms with Crippen molar-refractivity contribution in [2.45, 2.75) is 39.0 Å². The number of hydrogen-bond acceptors (Lipinski definition) is 7. The van der Waals surface area contributed by atoms with Crippen LogP contribution in [0.15, 0.2) is 30.3 Å². The molecule has 10 heteroatoms. The summed E-state index contributed by atoms with van der Waals surface area (Å²) in [5.74, 6) is -2.93. The Kier molecular flexibility index (Phi) is 10.2. The van der Waals surface area contributed by atoms with Crippen molar-refractivity contribution < 1.29 is 33.8 Å². The van der Waals surface area contributed by atoms with Gasteiger partial charge in [-0.05, 0) is 18.9 Å². The molecule has 1 rings (SSSR count). The number of rotatable bonds is 11. The average Bonchev–Trinajstić information content (AvgIpc) is 2.70. The number of aliphatic hydroxyl groups is 1. The fourth-order valence-corrected chi connectivity index (χ4v) is 2.35. The smallest absolute Gasteiger partial charge is 0.408 e. The van der Waals surface area contributed by atoms with Gasteiger partial charge in [-0.2, -0.15) is 0 Å². The third-order valence-electron chi connectivity index (χ3n) is 3.94. The lowest BCUT2D eigenvalue weighted by atomic mass is 10.0. The van der Waals surface area contributed by atoms with Crippen LogP contribution in [0.25, 0.3) is 0 Å². The Bertz CT molecular complexity index is 696. The summed E-state index contributed by atoms with van der Waals surface area (Å²) in [7, 11) is 0. The first-order valence-electron chi connectivity index (χ1n) is 9.12. The zero-order valence-electron chi connectivity index (χ0n) is 16.4. The zero-order valence-corrected chi connectivity index (χ0v) is 16.4. The second-order valence-corrected chi connectivity index (χ2v) is 6.29. The Balaban J connectivity index is 2.60. The minimum atomic E-state index is -1.36. The van der Waals surface area contributed by atoms with Gasteiger partial charge in [-0.3, -0.25) is 14.4 Å². The highest BCUT2D eigenvalue weighted by Gasteiger charge is 2.28. The molecule has 3 amide bonds. The fourth-order valence-electron chi connectivity index (χ4n) is 2.35. The Morgan fingerprint density at radius 1 is 1.07 bits per heavy atom. The number of carbonyl (C=O) groups is 4. The molecule has 0 aliphatic heterocycles. The van der Waals surface area contributed by atoms with Crippen molar-refractivity contribution in [2.75, 3.05) is 13.2 Å². The summed E-state index contributed by atoms with van der Waals surface area (Å²) in [4.78, 5) is 47.5. The van der Waals surface area contributed by atoms with E-state index in [9.17, 15) is 24.3 Å². The number of alkyl carbamates (subject to hydrolysis) is 1. The molecule has 160 valence electrons. The van der Waals surface area contributed by atoms with Crippen LogP contribution in [0.2, 0.25) is 0 Å². The summed E-state index contributed by atoms with van der Waals surface area (Å²) in [6.07, 6.45) is -1.00. The van der Waals surface area contributed by atoms with Crippen molar-refractivity contribution >= 4 is 23.9 Å². The van der Waals surface area contributed by atoms with E-state index in [2.05, 4.69) is 10.6 Å². The highest BCUT2D eigenvalue weighted by Crippen LogP contribution is 2.09. The van der Waals surface area contributed by atoms with E-state index in [4.69, 9.17) is 15.2 Å². The van der Waals surface area contributed by atoms with Gasteiger partial charge in [0.1, 0.15) is 18.7 Å². The molecule has 0 saturated carbocycles. The summed E-state index contributed by atoms with van der Waals surface area (Å²) in [6, 6.07) is 6.34. The molecule has 1 aromatic carbocycles. The molecular formula is C19H27N3O7. The lowest BCUT2D eigenvalue weighted by Crippen LogP contribution is -2.54. The van der Waals surface area contributed by atoms with E-state index in [1.807, 2.05) is 6.07 Å². The molecule has 0 radical (unpaired) electrons. The fraction of sp³-hybridized carbons (Fsp3) is 0.474. The Morgan fingerprint density at radius 2 is 1.72 bits per heavy atom. The summed E-state index contributed by atoms with van der Waals surface area (Å²) in [5.41, 5.74) is 6.03. The number of benzene rings is 1. The van der Waals surface area contributed by atoms with Gasteiger partial charge in [0.2, 0.25) is 11.8 Å². The van der Waals surface area contributed by atoms with Gasteiger partial charge in [-0.15, -0.1) is 0 Å². The van der Waals surface area contributed by atoms with E-state index in [1.165, 1.54) is 6.92 Å². The number of amides is 3. The van der Waals surface area contributed by atoms with Crippen molar-refractivity contribution in [1.29, 1.82) is 0 Å². The third-order valence-corrected chi connectivity index (χ3v) is 3.94. The van der Waals surface area contributed by atoms with E-state index in [1.54, 1.807) is 31.2 Å². The Hall–Kier alpha value is -3.14. The molecule has 0 aliphatic carbocycles. The van der Waals surface area contributed by atoms with Crippen LogP contribution in [0.3, 0.4) is 0 Å². The summed E-state index contributed by atoms with van der Waals surface area (Å²) in [5, 5.41) is 13.9. The molecule has 0 aromatic heterocycles. The Labute approximate surface area is 168 Å². The maximum absolute atomic E-state index is 12.3. The van der Waals surface area contributed by atoms with Crippen molar-refractivity contribution in [3.8, 4) is 0 Å². The first kappa shape index (κ1) is 23.9. The highest BCUT2D eigenvalue weighted by atomic mass is 16.5. The maximum Gasteiger partial charge on any atom is 0.408 e. The molecule has 0 bridgehead atoms. The number of carbonyl (C=O) groups excluding carboxylic acids is 4. The minimum Gasteiger partial charge on any atom is -0.466 e. The molecule has 0 saturated heterocycles. The quantitative estimate of drug-likeness (QED) is 0.370. The third kappa shape index (κ3) is 8.60. The molecule has 0 spiro atoms. The number of ether oxygens (including phenoxy) is 2. The molecule has 0 heterocycles. The number of esters is 1. The monoisotopic (exact) mass is 409 g/mol. The molecular weight excluding hydrogens is 382 g/mol. The first-order chi connectivity index (χ1) is 13.8. The van der Waals surface area contributed by atoms with Gasteiger partial charge >= 0.3 is 12.1 Å². The molecule has 0 aliphatic rings. The lowest BCUT2D eigenvalue weighted by molar-refractivity contribution is -0.148.